The lowest BCUT2D eigenvalue weighted by molar-refractivity contribution is 0.637. The van der Waals surface area contributed by atoms with Crippen molar-refractivity contribution in [2.75, 3.05) is 5.73 Å². The van der Waals surface area contributed by atoms with E-state index < -0.39 is 0 Å². The quantitative estimate of drug-likeness (QED) is 0.718. The molecule has 1 aromatic heterocycles. The fourth-order valence-corrected chi connectivity index (χ4v) is 2.84. The summed E-state index contributed by atoms with van der Waals surface area (Å²) >= 11 is 6.09. The van der Waals surface area contributed by atoms with Crippen LogP contribution in [0.5, 0.6) is 0 Å². The molecule has 0 aliphatic carbocycles. The van der Waals surface area contributed by atoms with Crippen molar-refractivity contribution < 1.29 is 0 Å². The maximum absolute atomic E-state index is 6.09. The second-order valence-corrected chi connectivity index (χ2v) is 5.44. The molecular weight excluding hydrogens is 270 g/mol. The number of rotatable bonds is 2. The Morgan fingerprint density at radius 1 is 1.20 bits per heavy atom. The molecule has 0 radical (unpaired) electrons. The Labute approximate surface area is 123 Å². The standard InChI is InChI=1S/C16H16ClN3/c1-10(12-4-3-5-13(17)8-12)20-11(2)19-15-9-14(18)6-7-16(15)20/h3-10H,18H2,1-2H3. The van der Waals surface area contributed by atoms with E-state index in [9.17, 15) is 0 Å². The summed E-state index contributed by atoms with van der Waals surface area (Å²) in [5.74, 6) is 0.970. The third kappa shape index (κ3) is 2.14. The minimum Gasteiger partial charge on any atom is -0.399 e. The normalized spacial score (nSPS) is 12.8. The maximum atomic E-state index is 6.09. The van der Waals surface area contributed by atoms with Crippen LogP contribution in [0.15, 0.2) is 42.5 Å². The molecule has 0 bridgehead atoms. The van der Waals surface area contributed by atoms with Gasteiger partial charge in [-0.2, -0.15) is 0 Å². The number of hydrogen-bond donors (Lipinski definition) is 1. The summed E-state index contributed by atoms with van der Waals surface area (Å²) in [5.41, 5.74) is 9.74. The van der Waals surface area contributed by atoms with Crippen molar-refractivity contribution in [1.29, 1.82) is 0 Å². The number of anilines is 1. The number of nitrogens with two attached hydrogens (primary N) is 1. The second kappa shape index (κ2) is 4.84. The van der Waals surface area contributed by atoms with Crippen LogP contribution < -0.4 is 5.73 Å². The molecule has 1 atom stereocenters. The van der Waals surface area contributed by atoms with E-state index in [0.717, 1.165) is 33.1 Å². The van der Waals surface area contributed by atoms with Gasteiger partial charge in [-0.05, 0) is 49.7 Å². The highest BCUT2D eigenvalue weighted by Gasteiger charge is 2.15. The molecule has 3 aromatic rings. The van der Waals surface area contributed by atoms with Crippen LogP contribution >= 0.6 is 11.6 Å². The summed E-state index contributed by atoms with van der Waals surface area (Å²) in [4.78, 5) is 4.59. The van der Waals surface area contributed by atoms with Crippen molar-refractivity contribution in [2.45, 2.75) is 19.9 Å². The molecule has 4 heteroatoms. The van der Waals surface area contributed by atoms with Gasteiger partial charge in [-0.25, -0.2) is 4.98 Å². The molecule has 0 fully saturated rings. The van der Waals surface area contributed by atoms with Crippen molar-refractivity contribution in [1.82, 2.24) is 9.55 Å². The average molecular weight is 286 g/mol. The van der Waals surface area contributed by atoms with Crippen LogP contribution in [0.3, 0.4) is 0 Å². The zero-order valence-corrected chi connectivity index (χ0v) is 12.2. The number of nitrogens with zero attached hydrogens (tertiary/aromatic N) is 2. The van der Waals surface area contributed by atoms with Crippen molar-refractivity contribution in [3.05, 3.63) is 58.9 Å². The van der Waals surface area contributed by atoms with Crippen molar-refractivity contribution >= 4 is 28.3 Å². The molecule has 20 heavy (non-hydrogen) atoms. The Hall–Kier alpha value is -2.00. The first kappa shape index (κ1) is 13.0. The number of hydrogen-bond acceptors (Lipinski definition) is 2. The van der Waals surface area contributed by atoms with Crippen molar-refractivity contribution in [3.8, 4) is 0 Å². The van der Waals surface area contributed by atoms with Gasteiger partial charge < -0.3 is 10.3 Å². The van der Waals surface area contributed by atoms with Crippen LogP contribution in [0.25, 0.3) is 11.0 Å². The van der Waals surface area contributed by atoms with E-state index >= 15 is 0 Å². The van der Waals surface area contributed by atoms with E-state index in [0.29, 0.717) is 0 Å². The van der Waals surface area contributed by atoms with Gasteiger partial charge in [0.2, 0.25) is 0 Å². The molecule has 3 nitrogen and oxygen atoms in total. The summed E-state index contributed by atoms with van der Waals surface area (Å²) in [5, 5.41) is 0.751. The monoisotopic (exact) mass is 285 g/mol. The molecule has 1 heterocycles. The molecule has 0 aliphatic heterocycles. The van der Waals surface area contributed by atoms with Gasteiger partial charge in [-0.15, -0.1) is 0 Å². The van der Waals surface area contributed by atoms with Gasteiger partial charge in [0, 0.05) is 10.7 Å². The highest BCUT2D eigenvalue weighted by atomic mass is 35.5. The van der Waals surface area contributed by atoms with Crippen LogP contribution in [-0.4, -0.2) is 9.55 Å². The van der Waals surface area contributed by atoms with Crippen molar-refractivity contribution in [3.63, 3.8) is 0 Å². The third-order valence-electron chi connectivity index (χ3n) is 3.61. The first-order valence-corrected chi connectivity index (χ1v) is 6.93. The number of benzene rings is 2. The average Bonchev–Trinajstić information content (AvgIpc) is 2.73. The molecule has 102 valence electrons. The Bertz CT molecular complexity index is 776. The Kier molecular flexibility index (Phi) is 3.14. The first-order valence-electron chi connectivity index (χ1n) is 6.56. The lowest BCUT2D eigenvalue weighted by Gasteiger charge is -2.17. The summed E-state index contributed by atoms with van der Waals surface area (Å²) in [6.45, 7) is 4.16. The number of aromatic nitrogens is 2. The lowest BCUT2D eigenvalue weighted by atomic mass is 10.1. The zero-order valence-electron chi connectivity index (χ0n) is 11.5. The highest BCUT2D eigenvalue weighted by molar-refractivity contribution is 6.30. The number of imidazole rings is 1. The molecule has 0 aliphatic rings. The summed E-state index contributed by atoms with van der Waals surface area (Å²) in [6, 6.07) is 13.9. The minimum atomic E-state index is 0.169. The zero-order chi connectivity index (χ0) is 14.3. The Morgan fingerprint density at radius 3 is 2.75 bits per heavy atom. The molecule has 1 unspecified atom stereocenters. The van der Waals surface area contributed by atoms with Crippen LogP contribution in [0.1, 0.15) is 24.4 Å². The molecular formula is C16H16ClN3. The minimum absolute atomic E-state index is 0.169. The van der Waals surface area contributed by atoms with Crippen LogP contribution in [0.4, 0.5) is 5.69 Å². The van der Waals surface area contributed by atoms with Gasteiger partial charge in [0.15, 0.2) is 0 Å². The highest BCUT2D eigenvalue weighted by Crippen LogP contribution is 2.28. The topological polar surface area (TPSA) is 43.8 Å². The van der Waals surface area contributed by atoms with E-state index in [4.69, 9.17) is 17.3 Å². The number of fused-ring (bicyclic) bond motifs is 1. The summed E-state index contributed by atoms with van der Waals surface area (Å²) in [6.07, 6.45) is 0. The van der Waals surface area contributed by atoms with Gasteiger partial charge in [-0.3, -0.25) is 0 Å². The summed E-state index contributed by atoms with van der Waals surface area (Å²) in [7, 11) is 0. The molecule has 0 saturated carbocycles. The molecule has 0 saturated heterocycles. The van der Waals surface area contributed by atoms with Gasteiger partial charge >= 0.3 is 0 Å². The largest absolute Gasteiger partial charge is 0.399 e. The van der Waals surface area contributed by atoms with Crippen LogP contribution in [0, 0.1) is 6.92 Å². The van der Waals surface area contributed by atoms with E-state index in [1.807, 2.05) is 43.3 Å². The van der Waals surface area contributed by atoms with Gasteiger partial charge in [0.25, 0.3) is 0 Å². The molecule has 2 N–H and O–H groups in total. The predicted octanol–water partition coefficient (Wildman–Crippen LogP) is 4.19. The predicted molar refractivity (Wildman–Crippen MR) is 84.1 cm³/mol. The molecule has 2 aromatic carbocycles. The fourth-order valence-electron chi connectivity index (χ4n) is 2.64. The number of aryl methyl sites for hydroxylation is 1. The molecule has 3 rings (SSSR count). The van der Waals surface area contributed by atoms with Gasteiger partial charge in [0.05, 0.1) is 17.1 Å². The fraction of sp³-hybridized carbons (Fsp3) is 0.188. The van der Waals surface area contributed by atoms with Gasteiger partial charge in [0.1, 0.15) is 5.82 Å². The van der Waals surface area contributed by atoms with E-state index in [1.165, 1.54) is 0 Å². The van der Waals surface area contributed by atoms with E-state index in [-0.39, 0.29) is 6.04 Å². The number of nitrogen functional groups attached to an aromatic ring is 1. The Morgan fingerprint density at radius 2 is 2.00 bits per heavy atom. The molecule has 0 spiro atoms. The van der Waals surface area contributed by atoms with Crippen LogP contribution in [-0.2, 0) is 0 Å². The lowest BCUT2D eigenvalue weighted by Crippen LogP contribution is -2.08. The first-order chi connectivity index (χ1) is 9.56. The molecule has 0 amide bonds. The summed E-state index contributed by atoms with van der Waals surface area (Å²) < 4.78 is 2.21. The Balaban J connectivity index is 2.16. The van der Waals surface area contributed by atoms with Gasteiger partial charge in [-0.1, -0.05) is 23.7 Å². The third-order valence-corrected chi connectivity index (χ3v) is 3.84. The number of halogens is 1. The van der Waals surface area contributed by atoms with E-state index in [2.05, 4.69) is 22.5 Å². The van der Waals surface area contributed by atoms with E-state index in [1.54, 1.807) is 0 Å². The smallest absolute Gasteiger partial charge is 0.107 e. The van der Waals surface area contributed by atoms with Crippen LogP contribution in [0.2, 0.25) is 5.02 Å². The van der Waals surface area contributed by atoms with Crippen molar-refractivity contribution in [2.24, 2.45) is 0 Å². The maximum Gasteiger partial charge on any atom is 0.107 e. The SMILES string of the molecule is Cc1nc2cc(N)ccc2n1C(C)c1cccc(Cl)c1. The second-order valence-electron chi connectivity index (χ2n) is 5.01.